The summed E-state index contributed by atoms with van der Waals surface area (Å²) in [4.78, 5) is 1.89. The van der Waals surface area contributed by atoms with E-state index in [0.717, 1.165) is 32.6 Å². The summed E-state index contributed by atoms with van der Waals surface area (Å²) in [5.74, 6) is -0.0289. The van der Waals surface area contributed by atoms with Crippen molar-refractivity contribution in [3.63, 3.8) is 0 Å². The lowest BCUT2D eigenvalue weighted by Crippen LogP contribution is -2.30. The van der Waals surface area contributed by atoms with Gasteiger partial charge in [0.1, 0.15) is 0 Å². The molecule has 21 heavy (non-hydrogen) atoms. The van der Waals surface area contributed by atoms with E-state index in [1.165, 1.54) is 0 Å². The predicted octanol–water partition coefficient (Wildman–Crippen LogP) is 2.55. The van der Waals surface area contributed by atoms with Gasteiger partial charge in [-0.05, 0) is 46.8 Å². The van der Waals surface area contributed by atoms with E-state index in [9.17, 15) is 4.39 Å². The Kier molecular flexibility index (Phi) is 5.41. The van der Waals surface area contributed by atoms with E-state index in [0.29, 0.717) is 17.2 Å². The van der Waals surface area contributed by atoms with Gasteiger partial charge in [0.05, 0.1) is 10.2 Å². The first-order chi connectivity index (χ1) is 10.0. The number of oxime groups is 1. The Hall–Kier alpha value is -1.34. The Labute approximate surface area is 131 Å². The maximum atomic E-state index is 14.5. The van der Waals surface area contributed by atoms with Gasteiger partial charge >= 0.3 is 0 Å². The fourth-order valence-corrected chi connectivity index (χ4v) is 3.04. The molecule has 3 N–H and O–H groups in total. The highest BCUT2D eigenvalue weighted by Crippen LogP contribution is 2.30. The molecule has 1 saturated heterocycles. The fraction of sp³-hybridized carbons (Fsp3) is 0.500. The third-order valence-corrected chi connectivity index (χ3v) is 4.51. The molecule has 2 rings (SSSR count). The molecule has 0 aromatic heterocycles. The van der Waals surface area contributed by atoms with E-state index < -0.39 is 5.82 Å². The van der Waals surface area contributed by atoms with Crippen molar-refractivity contribution in [2.75, 3.05) is 31.7 Å². The van der Waals surface area contributed by atoms with Crippen molar-refractivity contribution in [2.24, 2.45) is 16.8 Å². The number of ether oxygens (including phenoxy) is 1. The maximum absolute atomic E-state index is 14.5. The maximum Gasteiger partial charge on any atom is 0.171 e. The van der Waals surface area contributed by atoms with Crippen LogP contribution in [0, 0.1) is 11.7 Å². The van der Waals surface area contributed by atoms with E-state index in [2.05, 4.69) is 21.1 Å². The number of hydrogen-bond donors (Lipinski definition) is 2. The van der Waals surface area contributed by atoms with Crippen molar-refractivity contribution in [1.82, 2.24) is 0 Å². The van der Waals surface area contributed by atoms with Crippen LogP contribution >= 0.6 is 15.9 Å². The second-order valence-electron chi connectivity index (χ2n) is 5.18. The summed E-state index contributed by atoms with van der Waals surface area (Å²) < 4.78 is 20.0. The van der Waals surface area contributed by atoms with E-state index in [1.54, 1.807) is 12.1 Å². The Morgan fingerprint density at radius 1 is 1.52 bits per heavy atom. The van der Waals surface area contributed by atoms with Crippen molar-refractivity contribution in [1.29, 1.82) is 0 Å². The number of nitrogens with two attached hydrogens (primary N) is 1. The minimum Gasteiger partial charge on any atom is -0.409 e. The number of anilines is 1. The van der Waals surface area contributed by atoms with Crippen LogP contribution in [0.2, 0.25) is 0 Å². The second-order valence-corrected chi connectivity index (χ2v) is 5.97. The van der Waals surface area contributed by atoms with E-state index in [4.69, 9.17) is 15.7 Å². The quantitative estimate of drug-likeness (QED) is 0.375. The van der Waals surface area contributed by atoms with Crippen LogP contribution in [0.15, 0.2) is 21.8 Å². The molecule has 0 radical (unpaired) electrons. The van der Waals surface area contributed by atoms with Crippen molar-refractivity contribution in [3.05, 3.63) is 28.0 Å². The Balaban J connectivity index is 2.17. The Morgan fingerprint density at radius 3 is 2.81 bits per heavy atom. The molecule has 1 aliphatic heterocycles. The van der Waals surface area contributed by atoms with Crippen molar-refractivity contribution >= 4 is 27.5 Å². The second kappa shape index (κ2) is 7.09. The molecule has 0 bridgehead atoms. The van der Waals surface area contributed by atoms with Crippen LogP contribution in [0.5, 0.6) is 0 Å². The fourth-order valence-electron chi connectivity index (χ4n) is 2.50. The minimum atomic E-state index is -0.409. The van der Waals surface area contributed by atoms with Gasteiger partial charge < -0.3 is 20.6 Å². The van der Waals surface area contributed by atoms with Gasteiger partial charge in [-0.1, -0.05) is 5.16 Å². The molecular weight excluding hydrogens is 341 g/mol. The topological polar surface area (TPSA) is 71.1 Å². The monoisotopic (exact) mass is 359 g/mol. The summed E-state index contributed by atoms with van der Waals surface area (Å²) in [6.07, 6.45) is 1.99. The summed E-state index contributed by atoms with van der Waals surface area (Å²) in [5, 5.41) is 11.6. The lowest BCUT2D eigenvalue weighted by Gasteiger charge is -2.29. The van der Waals surface area contributed by atoms with Gasteiger partial charge in [0.15, 0.2) is 11.7 Å². The molecule has 0 saturated carbocycles. The van der Waals surface area contributed by atoms with E-state index in [-0.39, 0.29) is 10.3 Å². The average molecular weight is 360 g/mol. The van der Waals surface area contributed by atoms with Gasteiger partial charge in [0.25, 0.3) is 0 Å². The third kappa shape index (κ3) is 3.65. The van der Waals surface area contributed by atoms with Crippen LogP contribution in [0.4, 0.5) is 10.1 Å². The summed E-state index contributed by atoms with van der Waals surface area (Å²) in [7, 11) is 1.86. The highest BCUT2D eigenvalue weighted by Gasteiger charge is 2.20. The number of rotatable bonds is 4. The lowest BCUT2D eigenvalue weighted by atomic mass is 9.99. The van der Waals surface area contributed by atoms with Crippen LogP contribution in [0.1, 0.15) is 18.4 Å². The molecule has 1 aromatic carbocycles. The van der Waals surface area contributed by atoms with Gasteiger partial charge in [-0.25, -0.2) is 4.39 Å². The molecule has 1 aliphatic rings. The number of amidine groups is 1. The van der Waals surface area contributed by atoms with Crippen LogP contribution in [0.25, 0.3) is 0 Å². The molecule has 116 valence electrons. The van der Waals surface area contributed by atoms with E-state index in [1.807, 2.05) is 11.9 Å². The molecule has 1 heterocycles. The predicted molar refractivity (Wildman–Crippen MR) is 83.4 cm³/mol. The molecule has 0 aliphatic carbocycles. The molecule has 7 heteroatoms. The first-order valence-corrected chi connectivity index (χ1v) is 7.58. The molecular formula is C14H19BrFN3O2. The molecule has 5 nitrogen and oxygen atoms in total. The molecule has 0 amide bonds. The zero-order chi connectivity index (χ0) is 15.4. The Bertz CT molecular complexity index is 533. The van der Waals surface area contributed by atoms with Gasteiger partial charge in [0.2, 0.25) is 0 Å². The first-order valence-electron chi connectivity index (χ1n) is 6.79. The summed E-state index contributed by atoms with van der Waals surface area (Å²) in [5.41, 5.74) is 6.34. The number of hydrogen-bond acceptors (Lipinski definition) is 4. The van der Waals surface area contributed by atoms with Crippen molar-refractivity contribution in [3.8, 4) is 0 Å². The number of benzene rings is 1. The smallest absolute Gasteiger partial charge is 0.171 e. The van der Waals surface area contributed by atoms with Crippen LogP contribution < -0.4 is 10.6 Å². The SMILES string of the molecule is CN(CC1CCOCC1)c1ccc(/C(N)=N/O)c(Br)c1F. The molecule has 0 spiro atoms. The largest absolute Gasteiger partial charge is 0.409 e. The van der Waals surface area contributed by atoms with Crippen LogP contribution in [-0.2, 0) is 4.74 Å². The normalized spacial score (nSPS) is 17.0. The zero-order valence-corrected chi connectivity index (χ0v) is 13.4. The van der Waals surface area contributed by atoms with Crippen LogP contribution in [0.3, 0.4) is 0 Å². The Morgan fingerprint density at radius 2 is 2.19 bits per heavy atom. The number of nitrogens with zero attached hydrogens (tertiary/aromatic N) is 2. The number of halogens is 2. The molecule has 1 aromatic rings. The first kappa shape index (κ1) is 16.0. The summed E-state index contributed by atoms with van der Waals surface area (Å²) in [6.45, 7) is 2.32. The van der Waals surface area contributed by atoms with Gasteiger partial charge in [-0.2, -0.15) is 0 Å². The van der Waals surface area contributed by atoms with Gasteiger partial charge in [-0.3, -0.25) is 0 Å². The van der Waals surface area contributed by atoms with Gasteiger partial charge in [-0.15, -0.1) is 0 Å². The van der Waals surface area contributed by atoms with Crippen molar-refractivity contribution < 1.29 is 14.3 Å². The molecule has 0 atom stereocenters. The average Bonchev–Trinajstić information content (AvgIpc) is 2.50. The van der Waals surface area contributed by atoms with Crippen LogP contribution in [-0.4, -0.2) is 37.8 Å². The highest BCUT2D eigenvalue weighted by molar-refractivity contribution is 9.10. The zero-order valence-electron chi connectivity index (χ0n) is 11.9. The summed E-state index contributed by atoms with van der Waals surface area (Å²) >= 11 is 3.17. The molecule has 0 unspecified atom stereocenters. The lowest BCUT2D eigenvalue weighted by molar-refractivity contribution is 0.0685. The minimum absolute atomic E-state index is 0.126. The standard InChI is InChI=1S/C14H19BrFN3O2/c1-19(8-9-4-6-21-7-5-9)11-3-2-10(14(17)18-20)12(15)13(11)16/h2-3,9,20H,4-8H2,1H3,(H2,17,18). The van der Waals surface area contributed by atoms with Crippen molar-refractivity contribution in [2.45, 2.75) is 12.8 Å². The highest BCUT2D eigenvalue weighted by atomic mass is 79.9. The molecule has 1 fully saturated rings. The third-order valence-electron chi connectivity index (χ3n) is 3.73. The van der Waals surface area contributed by atoms with Gasteiger partial charge in [0, 0.05) is 32.4 Å². The summed E-state index contributed by atoms with van der Waals surface area (Å²) in [6, 6.07) is 3.28. The van der Waals surface area contributed by atoms with E-state index >= 15 is 0 Å².